The van der Waals surface area contributed by atoms with Crippen LogP contribution in [0.2, 0.25) is 0 Å². The number of benzene rings is 1. The Labute approximate surface area is 171 Å². The first-order valence-electron chi connectivity index (χ1n) is 8.95. The fourth-order valence-electron chi connectivity index (χ4n) is 2.81. The fourth-order valence-corrected chi connectivity index (χ4v) is 3.70. The molecule has 1 aromatic heterocycles. The van der Waals surface area contributed by atoms with Crippen LogP contribution < -0.4 is 21.7 Å². The van der Waals surface area contributed by atoms with Gasteiger partial charge >= 0.3 is 0 Å². The van der Waals surface area contributed by atoms with Crippen LogP contribution in [0.15, 0.2) is 47.7 Å². The van der Waals surface area contributed by atoms with Crippen molar-refractivity contribution >= 4 is 44.9 Å². The van der Waals surface area contributed by atoms with Gasteiger partial charge in [-0.25, -0.2) is 4.98 Å². The molecule has 2 aromatic rings. The molecule has 5 N–H and O–H groups in total. The number of aryl methyl sites for hydroxylation is 1. The summed E-state index contributed by atoms with van der Waals surface area (Å²) in [6.45, 7) is 3.40. The predicted molar refractivity (Wildman–Crippen MR) is 113 cm³/mol. The first-order valence-corrected chi connectivity index (χ1v) is 9.76. The minimum atomic E-state index is -0.723. The standard InChI is InChI=1S/C20H21N5O3S/c1-11-4-3-5-15(10-11)23-20-24-16(17(21)27)19(29-20)25-18(28)13-6-8-14(9-7-13)22-12(2)26/h3-6,8,10H,7,9H2,1-2H3,(H2,21,27)(H,22,26)(H,23,24)(H,25,28). The first-order chi connectivity index (χ1) is 13.8. The number of aromatic nitrogens is 1. The number of allylic oxidation sites excluding steroid dienone is 3. The minimum Gasteiger partial charge on any atom is -0.364 e. The van der Waals surface area contributed by atoms with Crippen molar-refractivity contribution in [3.05, 3.63) is 58.9 Å². The van der Waals surface area contributed by atoms with Crippen molar-refractivity contribution < 1.29 is 14.4 Å². The van der Waals surface area contributed by atoms with Gasteiger partial charge in [0.1, 0.15) is 5.00 Å². The van der Waals surface area contributed by atoms with Crippen LogP contribution >= 0.6 is 11.3 Å². The Morgan fingerprint density at radius 3 is 2.55 bits per heavy atom. The lowest BCUT2D eigenvalue weighted by molar-refractivity contribution is -0.118. The highest BCUT2D eigenvalue weighted by molar-refractivity contribution is 7.20. The topological polar surface area (TPSA) is 126 Å². The molecule has 1 heterocycles. The van der Waals surface area contributed by atoms with Crippen molar-refractivity contribution in [2.45, 2.75) is 26.7 Å². The zero-order chi connectivity index (χ0) is 21.0. The van der Waals surface area contributed by atoms with E-state index in [-0.39, 0.29) is 22.5 Å². The fraction of sp³-hybridized carbons (Fsp3) is 0.200. The number of carbonyl (C=O) groups excluding carboxylic acids is 3. The zero-order valence-electron chi connectivity index (χ0n) is 16.0. The lowest BCUT2D eigenvalue weighted by atomic mass is 10.0. The van der Waals surface area contributed by atoms with Gasteiger partial charge in [0.25, 0.3) is 11.8 Å². The van der Waals surface area contributed by atoms with E-state index in [0.717, 1.165) is 28.3 Å². The number of primary amides is 1. The molecule has 9 heteroatoms. The number of anilines is 3. The Morgan fingerprint density at radius 2 is 1.93 bits per heavy atom. The van der Waals surface area contributed by atoms with Gasteiger partial charge in [0.15, 0.2) is 10.8 Å². The highest BCUT2D eigenvalue weighted by Crippen LogP contribution is 2.31. The monoisotopic (exact) mass is 411 g/mol. The SMILES string of the molecule is CC(=O)NC1=CC=C(C(=O)Nc2sc(Nc3cccc(C)c3)nc2C(N)=O)CC1. The molecule has 1 aromatic carbocycles. The van der Waals surface area contributed by atoms with Gasteiger partial charge in [-0.2, -0.15) is 0 Å². The molecule has 1 aliphatic rings. The summed E-state index contributed by atoms with van der Waals surface area (Å²) >= 11 is 1.14. The van der Waals surface area contributed by atoms with Gasteiger partial charge in [0, 0.05) is 23.9 Å². The van der Waals surface area contributed by atoms with E-state index in [2.05, 4.69) is 20.9 Å². The smallest absolute Gasteiger partial charge is 0.270 e. The van der Waals surface area contributed by atoms with E-state index in [1.807, 2.05) is 31.2 Å². The quantitative estimate of drug-likeness (QED) is 0.581. The second-order valence-corrected chi connectivity index (χ2v) is 7.57. The van der Waals surface area contributed by atoms with Crippen molar-refractivity contribution in [3.8, 4) is 0 Å². The summed E-state index contributed by atoms with van der Waals surface area (Å²) in [6, 6.07) is 7.69. The summed E-state index contributed by atoms with van der Waals surface area (Å²) < 4.78 is 0. The van der Waals surface area contributed by atoms with Crippen LogP contribution in [-0.2, 0) is 9.59 Å². The van der Waals surface area contributed by atoms with Crippen molar-refractivity contribution in [2.24, 2.45) is 5.73 Å². The number of rotatable bonds is 6. The molecular formula is C20H21N5O3S. The third-order valence-corrected chi connectivity index (χ3v) is 5.02. The lowest BCUT2D eigenvalue weighted by Gasteiger charge is -2.14. The normalized spacial score (nSPS) is 13.2. The van der Waals surface area contributed by atoms with Gasteiger partial charge in [0.2, 0.25) is 5.91 Å². The molecule has 0 saturated carbocycles. The van der Waals surface area contributed by atoms with Gasteiger partial charge in [-0.1, -0.05) is 29.5 Å². The summed E-state index contributed by atoms with van der Waals surface area (Å²) in [6.07, 6.45) is 4.37. The van der Waals surface area contributed by atoms with Crippen LogP contribution in [0.5, 0.6) is 0 Å². The van der Waals surface area contributed by atoms with Crippen molar-refractivity contribution in [3.63, 3.8) is 0 Å². The number of carbonyl (C=O) groups is 3. The third-order valence-electron chi connectivity index (χ3n) is 4.13. The molecule has 0 saturated heterocycles. The summed E-state index contributed by atoms with van der Waals surface area (Å²) in [5, 5.41) is 9.30. The van der Waals surface area contributed by atoms with Gasteiger partial charge in [0.05, 0.1) is 0 Å². The predicted octanol–water partition coefficient (Wildman–Crippen LogP) is 2.97. The molecule has 150 valence electrons. The van der Waals surface area contributed by atoms with Crippen LogP contribution in [0.3, 0.4) is 0 Å². The molecule has 1 aliphatic carbocycles. The maximum Gasteiger partial charge on any atom is 0.270 e. The number of hydrogen-bond acceptors (Lipinski definition) is 6. The number of nitrogens with one attached hydrogen (secondary N) is 3. The summed E-state index contributed by atoms with van der Waals surface area (Å²) in [5.41, 5.74) is 8.62. The first kappa shape index (κ1) is 20.3. The molecule has 0 fully saturated rings. The van der Waals surface area contributed by atoms with E-state index in [4.69, 9.17) is 5.73 Å². The molecule has 0 atom stereocenters. The maximum atomic E-state index is 12.6. The molecule has 3 amide bonds. The highest BCUT2D eigenvalue weighted by atomic mass is 32.1. The number of thiazole rings is 1. The van der Waals surface area contributed by atoms with Gasteiger partial charge in [-0.05, 0) is 43.5 Å². The molecule has 0 radical (unpaired) electrons. The minimum absolute atomic E-state index is 0.00406. The number of nitrogens with two attached hydrogens (primary N) is 1. The summed E-state index contributed by atoms with van der Waals surface area (Å²) in [5.74, 6) is -1.21. The molecule has 0 spiro atoms. The molecule has 0 bridgehead atoms. The number of amides is 3. The van der Waals surface area contributed by atoms with Crippen molar-refractivity contribution in [1.82, 2.24) is 10.3 Å². The second kappa shape index (κ2) is 8.70. The van der Waals surface area contributed by atoms with Crippen LogP contribution in [0.4, 0.5) is 15.8 Å². The van der Waals surface area contributed by atoms with Crippen LogP contribution in [0, 0.1) is 6.92 Å². The second-order valence-electron chi connectivity index (χ2n) is 6.57. The molecule has 29 heavy (non-hydrogen) atoms. The zero-order valence-corrected chi connectivity index (χ0v) is 16.9. The van der Waals surface area contributed by atoms with E-state index in [1.165, 1.54) is 6.92 Å². The Bertz CT molecular complexity index is 1040. The van der Waals surface area contributed by atoms with E-state index >= 15 is 0 Å². The van der Waals surface area contributed by atoms with Crippen LogP contribution in [0.1, 0.15) is 35.8 Å². The van der Waals surface area contributed by atoms with Crippen molar-refractivity contribution in [2.75, 3.05) is 10.6 Å². The molecule has 0 aliphatic heterocycles. The largest absolute Gasteiger partial charge is 0.364 e. The number of hydrogen-bond donors (Lipinski definition) is 4. The van der Waals surface area contributed by atoms with E-state index in [1.54, 1.807) is 12.2 Å². The molecule has 0 unspecified atom stereocenters. The maximum absolute atomic E-state index is 12.6. The van der Waals surface area contributed by atoms with Crippen molar-refractivity contribution in [1.29, 1.82) is 0 Å². The highest BCUT2D eigenvalue weighted by Gasteiger charge is 2.21. The van der Waals surface area contributed by atoms with Crippen LogP contribution in [-0.4, -0.2) is 22.7 Å². The number of nitrogens with zero attached hydrogens (tertiary/aromatic N) is 1. The Hall–Kier alpha value is -3.46. The molecule has 3 rings (SSSR count). The summed E-state index contributed by atoms with van der Waals surface area (Å²) in [7, 11) is 0. The average Bonchev–Trinajstić information content (AvgIpc) is 3.04. The van der Waals surface area contributed by atoms with E-state index in [9.17, 15) is 14.4 Å². The Kier molecular flexibility index (Phi) is 6.08. The van der Waals surface area contributed by atoms with Crippen LogP contribution in [0.25, 0.3) is 0 Å². The van der Waals surface area contributed by atoms with E-state index in [0.29, 0.717) is 23.5 Å². The molecule has 8 nitrogen and oxygen atoms in total. The molecular weight excluding hydrogens is 390 g/mol. The summed E-state index contributed by atoms with van der Waals surface area (Å²) in [4.78, 5) is 39.7. The van der Waals surface area contributed by atoms with Gasteiger partial charge in [-0.3, -0.25) is 14.4 Å². The third kappa shape index (κ3) is 5.29. The van der Waals surface area contributed by atoms with Gasteiger partial charge < -0.3 is 21.7 Å². The van der Waals surface area contributed by atoms with Gasteiger partial charge in [-0.15, -0.1) is 0 Å². The average molecular weight is 411 g/mol. The lowest BCUT2D eigenvalue weighted by Crippen LogP contribution is -2.23. The Morgan fingerprint density at radius 1 is 1.14 bits per heavy atom. The Balaban J connectivity index is 1.76. The van der Waals surface area contributed by atoms with E-state index < -0.39 is 5.91 Å².